The molecule has 4 aromatic rings. The van der Waals surface area contributed by atoms with Gasteiger partial charge in [-0.1, -0.05) is 55.5 Å². The standard InChI is InChI=1S/C40H46FNO8/c1-4-29-25-33(30-16-18-31(41)19-17-30)38(50-27-28-11-6-5-7-12-28)26-37(29)49-24-10-23-48-36-15-8-14-35(32(36)20-21-39(43)44)47-22-9-13-34(40(45)46)42(2)3/h5-8,11-12,14-19,25-26,34H,4,9-10,13,20-24,27H2,1-3H3,(H,43,44)(H,45,46). The number of carboxylic acid groups (broad SMARTS) is 2. The monoisotopic (exact) mass is 687 g/mol. The van der Waals surface area contributed by atoms with Crippen LogP contribution in [-0.2, 0) is 29.0 Å². The minimum absolute atomic E-state index is 0.0933. The van der Waals surface area contributed by atoms with Crippen LogP contribution in [0.4, 0.5) is 4.39 Å². The van der Waals surface area contributed by atoms with Crippen molar-refractivity contribution in [2.45, 2.75) is 58.1 Å². The van der Waals surface area contributed by atoms with E-state index in [-0.39, 0.29) is 25.3 Å². The number of carboxylic acids is 2. The number of carbonyl (C=O) groups is 2. The highest BCUT2D eigenvalue weighted by molar-refractivity contribution is 5.74. The Kier molecular flexibility index (Phi) is 14.5. The molecule has 0 aromatic heterocycles. The number of hydrogen-bond donors (Lipinski definition) is 2. The van der Waals surface area contributed by atoms with Crippen LogP contribution in [0.1, 0.15) is 49.3 Å². The number of benzene rings is 4. The third kappa shape index (κ3) is 11.2. The summed E-state index contributed by atoms with van der Waals surface area (Å²) in [5, 5.41) is 18.8. The molecule has 10 heteroatoms. The number of hydrogen-bond acceptors (Lipinski definition) is 7. The smallest absolute Gasteiger partial charge is 0.320 e. The summed E-state index contributed by atoms with van der Waals surface area (Å²) >= 11 is 0. The van der Waals surface area contributed by atoms with Crippen molar-refractivity contribution in [3.05, 3.63) is 107 Å². The third-order valence-electron chi connectivity index (χ3n) is 8.21. The second-order valence-corrected chi connectivity index (χ2v) is 12.1. The number of ether oxygens (including phenoxy) is 4. The van der Waals surface area contributed by atoms with Gasteiger partial charge in [0.2, 0.25) is 0 Å². The van der Waals surface area contributed by atoms with Crippen LogP contribution in [0.15, 0.2) is 84.9 Å². The molecule has 0 aliphatic carbocycles. The van der Waals surface area contributed by atoms with Gasteiger partial charge in [-0.25, -0.2) is 4.39 Å². The maximum Gasteiger partial charge on any atom is 0.320 e. The molecule has 0 amide bonds. The molecule has 0 heterocycles. The van der Waals surface area contributed by atoms with Crippen LogP contribution >= 0.6 is 0 Å². The lowest BCUT2D eigenvalue weighted by atomic mass is 10.00. The van der Waals surface area contributed by atoms with Crippen molar-refractivity contribution >= 4 is 11.9 Å². The van der Waals surface area contributed by atoms with Gasteiger partial charge in [-0.15, -0.1) is 0 Å². The molecule has 50 heavy (non-hydrogen) atoms. The summed E-state index contributed by atoms with van der Waals surface area (Å²) in [6, 6.07) is 24.9. The van der Waals surface area contributed by atoms with Gasteiger partial charge in [-0.2, -0.15) is 0 Å². The first-order valence-electron chi connectivity index (χ1n) is 16.9. The summed E-state index contributed by atoms with van der Waals surface area (Å²) in [5.41, 5.74) is 4.35. The molecule has 0 radical (unpaired) electrons. The van der Waals surface area contributed by atoms with Crippen molar-refractivity contribution in [1.82, 2.24) is 4.90 Å². The van der Waals surface area contributed by atoms with E-state index in [0.29, 0.717) is 74.1 Å². The maximum atomic E-state index is 13.7. The van der Waals surface area contributed by atoms with Gasteiger partial charge >= 0.3 is 11.9 Å². The zero-order valence-electron chi connectivity index (χ0n) is 28.9. The molecule has 1 unspecified atom stereocenters. The third-order valence-corrected chi connectivity index (χ3v) is 8.21. The Balaban J connectivity index is 1.41. The Labute approximate surface area is 293 Å². The zero-order chi connectivity index (χ0) is 35.9. The van der Waals surface area contributed by atoms with Crippen LogP contribution < -0.4 is 18.9 Å². The molecule has 4 rings (SSSR count). The minimum Gasteiger partial charge on any atom is -0.493 e. The van der Waals surface area contributed by atoms with Crippen molar-refractivity contribution in [2.24, 2.45) is 0 Å². The number of halogens is 1. The summed E-state index contributed by atoms with van der Waals surface area (Å²) < 4.78 is 38.4. The summed E-state index contributed by atoms with van der Waals surface area (Å²) in [6.07, 6.45) is 2.32. The first-order valence-corrected chi connectivity index (χ1v) is 16.9. The van der Waals surface area contributed by atoms with E-state index >= 15 is 0 Å². The Morgan fingerprint density at radius 1 is 0.760 bits per heavy atom. The SMILES string of the molecule is CCc1cc(-c2ccc(F)cc2)c(OCc2ccccc2)cc1OCCCOc1cccc(OCCCC(C(=O)O)N(C)C)c1CCC(=O)O. The topological polar surface area (TPSA) is 115 Å². The predicted octanol–water partition coefficient (Wildman–Crippen LogP) is 7.67. The summed E-state index contributed by atoms with van der Waals surface area (Å²) in [6.45, 7) is 3.37. The molecule has 2 N–H and O–H groups in total. The van der Waals surface area contributed by atoms with E-state index in [1.807, 2.05) is 49.4 Å². The zero-order valence-corrected chi connectivity index (χ0v) is 28.9. The number of rotatable bonds is 21. The molecule has 0 saturated heterocycles. The summed E-state index contributed by atoms with van der Waals surface area (Å²) in [7, 11) is 3.45. The number of likely N-dealkylation sites (N-methyl/N-ethyl adjacent to an activating group) is 1. The van der Waals surface area contributed by atoms with Gasteiger partial charge in [-0.05, 0) is 86.8 Å². The van der Waals surface area contributed by atoms with E-state index in [4.69, 9.17) is 18.9 Å². The van der Waals surface area contributed by atoms with Crippen LogP contribution in [0.2, 0.25) is 0 Å². The normalized spacial score (nSPS) is 11.6. The largest absolute Gasteiger partial charge is 0.493 e. The predicted molar refractivity (Wildman–Crippen MR) is 190 cm³/mol. The average molecular weight is 688 g/mol. The van der Waals surface area contributed by atoms with E-state index in [0.717, 1.165) is 22.3 Å². The van der Waals surface area contributed by atoms with Gasteiger partial charge in [0, 0.05) is 30.0 Å². The van der Waals surface area contributed by atoms with Crippen LogP contribution in [0.3, 0.4) is 0 Å². The van der Waals surface area contributed by atoms with Gasteiger partial charge in [0.25, 0.3) is 0 Å². The van der Waals surface area contributed by atoms with E-state index in [1.54, 1.807) is 49.3 Å². The molecule has 0 aliphatic rings. The molecular formula is C40H46FNO8. The van der Waals surface area contributed by atoms with Crippen LogP contribution in [-0.4, -0.2) is 67.0 Å². The van der Waals surface area contributed by atoms with Crippen molar-refractivity contribution in [3.63, 3.8) is 0 Å². The first kappa shape index (κ1) is 37.7. The molecular weight excluding hydrogens is 641 g/mol. The fraction of sp³-hybridized carbons (Fsp3) is 0.350. The van der Waals surface area contributed by atoms with Gasteiger partial charge < -0.3 is 29.2 Å². The number of nitrogens with zero attached hydrogens (tertiary/aromatic N) is 1. The lowest BCUT2D eigenvalue weighted by Gasteiger charge is -2.20. The summed E-state index contributed by atoms with van der Waals surface area (Å²) in [4.78, 5) is 24.6. The molecule has 9 nitrogen and oxygen atoms in total. The van der Waals surface area contributed by atoms with E-state index in [1.165, 1.54) is 12.1 Å². The highest BCUT2D eigenvalue weighted by Gasteiger charge is 2.20. The molecule has 0 saturated carbocycles. The van der Waals surface area contributed by atoms with Gasteiger partial charge in [0.15, 0.2) is 0 Å². The van der Waals surface area contributed by atoms with Crippen molar-refractivity contribution in [2.75, 3.05) is 33.9 Å². The Bertz CT molecular complexity index is 1680. The summed E-state index contributed by atoms with van der Waals surface area (Å²) in [5.74, 6) is 0.254. The highest BCUT2D eigenvalue weighted by Crippen LogP contribution is 2.37. The molecule has 1 atom stereocenters. The van der Waals surface area contributed by atoms with Gasteiger partial charge in [0.05, 0.1) is 19.8 Å². The van der Waals surface area contributed by atoms with E-state index in [9.17, 15) is 24.2 Å². The molecule has 0 aliphatic heterocycles. The van der Waals surface area contributed by atoms with Crippen molar-refractivity contribution in [1.29, 1.82) is 0 Å². The van der Waals surface area contributed by atoms with Crippen LogP contribution in [0.5, 0.6) is 23.0 Å². The second kappa shape index (κ2) is 19.2. The van der Waals surface area contributed by atoms with Crippen LogP contribution in [0.25, 0.3) is 11.1 Å². The van der Waals surface area contributed by atoms with Crippen molar-refractivity contribution < 1.29 is 43.1 Å². The lowest BCUT2D eigenvalue weighted by Crippen LogP contribution is -2.35. The van der Waals surface area contributed by atoms with Crippen molar-refractivity contribution in [3.8, 4) is 34.1 Å². The Morgan fingerprint density at radius 2 is 1.40 bits per heavy atom. The van der Waals surface area contributed by atoms with E-state index < -0.39 is 18.0 Å². The molecule has 0 bridgehead atoms. The molecule has 266 valence electrons. The highest BCUT2D eigenvalue weighted by atomic mass is 19.1. The molecule has 4 aromatic carbocycles. The fourth-order valence-corrected chi connectivity index (χ4v) is 5.51. The fourth-order valence-electron chi connectivity index (χ4n) is 5.51. The molecule has 0 spiro atoms. The quantitative estimate of drug-likeness (QED) is 0.0852. The maximum absolute atomic E-state index is 13.7. The first-order chi connectivity index (χ1) is 24.2. The Morgan fingerprint density at radius 3 is 2.00 bits per heavy atom. The number of aryl methyl sites for hydroxylation is 1. The van der Waals surface area contributed by atoms with Gasteiger partial charge in [0.1, 0.15) is 41.5 Å². The van der Waals surface area contributed by atoms with E-state index in [2.05, 4.69) is 0 Å². The minimum atomic E-state index is -0.932. The second-order valence-electron chi connectivity index (χ2n) is 12.1. The lowest BCUT2D eigenvalue weighted by molar-refractivity contribution is -0.142. The Hall–Kier alpha value is -5.09. The molecule has 0 fully saturated rings. The van der Waals surface area contributed by atoms with Gasteiger partial charge in [-0.3, -0.25) is 14.5 Å². The van der Waals surface area contributed by atoms with Crippen LogP contribution in [0, 0.1) is 5.82 Å². The average Bonchev–Trinajstić information content (AvgIpc) is 3.10. The number of aliphatic carboxylic acids is 2.